The van der Waals surface area contributed by atoms with Crippen LogP contribution in [0.2, 0.25) is 0 Å². The third-order valence-electron chi connectivity index (χ3n) is 5.46. The molecular weight excluding hydrogens is 402 g/mol. The SMILES string of the molecule is CC(NC(=O)N1CCC(c2cc3ccccc3[nH]2)CC1)c1cccc(Br)c1. The van der Waals surface area contributed by atoms with Crippen molar-refractivity contribution in [3.05, 3.63) is 70.3 Å². The molecule has 1 fully saturated rings. The van der Waals surface area contributed by atoms with E-state index in [0.29, 0.717) is 5.92 Å². The lowest BCUT2D eigenvalue weighted by Crippen LogP contribution is -2.44. The van der Waals surface area contributed by atoms with E-state index in [0.717, 1.165) is 36.0 Å². The maximum Gasteiger partial charge on any atom is 0.317 e. The summed E-state index contributed by atoms with van der Waals surface area (Å²) in [6, 6.07) is 18.7. The summed E-state index contributed by atoms with van der Waals surface area (Å²) in [5.74, 6) is 0.490. The van der Waals surface area contributed by atoms with Crippen LogP contribution in [0.4, 0.5) is 4.79 Å². The first-order valence-corrected chi connectivity index (χ1v) is 10.3. The summed E-state index contributed by atoms with van der Waals surface area (Å²) >= 11 is 3.49. The topological polar surface area (TPSA) is 48.1 Å². The Balaban J connectivity index is 1.35. The molecule has 0 aliphatic carbocycles. The van der Waals surface area contributed by atoms with Gasteiger partial charge in [-0.3, -0.25) is 0 Å². The quantitative estimate of drug-likeness (QED) is 0.564. The van der Waals surface area contributed by atoms with Gasteiger partial charge in [-0.2, -0.15) is 0 Å². The van der Waals surface area contributed by atoms with E-state index >= 15 is 0 Å². The fourth-order valence-electron chi connectivity index (χ4n) is 3.85. The Morgan fingerprint density at radius 1 is 1.15 bits per heavy atom. The van der Waals surface area contributed by atoms with E-state index in [2.05, 4.69) is 56.6 Å². The molecule has 1 aliphatic heterocycles. The third kappa shape index (κ3) is 4.03. The molecule has 0 saturated carbocycles. The number of piperidine rings is 1. The van der Waals surface area contributed by atoms with Crippen molar-refractivity contribution in [1.82, 2.24) is 15.2 Å². The number of halogens is 1. The highest BCUT2D eigenvalue weighted by Gasteiger charge is 2.25. The minimum absolute atomic E-state index is 0.0126. The van der Waals surface area contributed by atoms with Gasteiger partial charge in [-0.05, 0) is 55.0 Å². The molecule has 2 N–H and O–H groups in total. The lowest BCUT2D eigenvalue weighted by Gasteiger charge is -2.32. The zero-order chi connectivity index (χ0) is 18.8. The summed E-state index contributed by atoms with van der Waals surface area (Å²) < 4.78 is 1.03. The standard InChI is InChI=1S/C22H24BrN3O/c1-15(17-6-4-7-19(23)13-17)24-22(27)26-11-9-16(10-12-26)21-14-18-5-2-3-8-20(18)25-21/h2-8,13-16,25H,9-12H2,1H3,(H,24,27). The number of fused-ring (bicyclic) bond motifs is 1. The third-order valence-corrected chi connectivity index (χ3v) is 5.95. The maximum atomic E-state index is 12.6. The number of benzene rings is 2. The van der Waals surface area contributed by atoms with Crippen LogP contribution < -0.4 is 5.32 Å². The monoisotopic (exact) mass is 425 g/mol. The van der Waals surface area contributed by atoms with Crippen LogP contribution in [0.15, 0.2) is 59.1 Å². The number of hydrogen-bond acceptors (Lipinski definition) is 1. The van der Waals surface area contributed by atoms with Crippen molar-refractivity contribution in [2.75, 3.05) is 13.1 Å². The second kappa shape index (κ2) is 7.77. The van der Waals surface area contributed by atoms with Gasteiger partial charge in [0.25, 0.3) is 0 Å². The van der Waals surface area contributed by atoms with E-state index in [-0.39, 0.29) is 12.1 Å². The first-order valence-electron chi connectivity index (χ1n) is 9.49. The van der Waals surface area contributed by atoms with E-state index in [9.17, 15) is 4.79 Å². The maximum absolute atomic E-state index is 12.6. The molecule has 2 amide bonds. The van der Waals surface area contributed by atoms with Gasteiger partial charge in [-0.15, -0.1) is 0 Å². The highest BCUT2D eigenvalue weighted by molar-refractivity contribution is 9.10. The molecule has 140 valence electrons. The summed E-state index contributed by atoms with van der Waals surface area (Å²) in [7, 11) is 0. The molecule has 2 aromatic carbocycles. The molecule has 0 bridgehead atoms. The summed E-state index contributed by atoms with van der Waals surface area (Å²) in [6.07, 6.45) is 1.98. The molecule has 5 heteroatoms. The van der Waals surface area contributed by atoms with Gasteiger partial charge >= 0.3 is 6.03 Å². The van der Waals surface area contributed by atoms with Crippen molar-refractivity contribution in [1.29, 1.82) is 0 Å². The summed E-state index contributed by atoms with van der Waals surface area (Å²) in [4.78, 5) is 18.1. The fraction of sp³-hybridized carbons (Fsp3) is 0.318. The summed E-state index contributed by atoms with van der Waals surface area (Å²) in [5.41, 5.74) is 3.58. The highest BCUT2D eigenvalue weighted by Crippen LogP contribution is 2.30. The molecule has 1 atom stereocenters. The second-order valence-electron chi connectivity index (χ2n) is 7.30. The van der Waals surface area contributed by atoms with Gasteiger partial charge in [0.05, 0.1) is 6.04 Å². The number of rotatable bonds is 3. The average molecular weight is 426 g/mol. The second-order valence-corrected chi connectivity index (χ2v) is 8.22. The van der Waals surface area contributed by atoms with Gasteiger partial charge in [0.15, 0.2) is 0 Å². The Hall–Kier alpha value is -2.27. The minimum atomic E-state index is -0.0126. The van der Waals surface area contributed by atoms with Crippen LogP contribution in [0.3, 0.4) is 0 Å². The molecule has 3 aromatic rings. The Kier molecular flexibility index (Phi) is 5.21. The molecule has 1 unspecified atom stereocenters. The number of amides is 2. The first-order chi connectivity index (χ1) is 13.1. The number of urea groups is 1. The number of aromatic nitrogens is 1. The van der Waals surface area contributed by atoms with Crippen LogP contribution in [0, 0.1) is 0 Å². The van der Waals surface area contributed by atoms with Crippen LogP contribution in [0.25, 0.3) is 10.9 Å². The molecule has 0 spiro atoms. The lowest BCUT2D eigenvalue weighted by molar-refractivity contribution is 0.178. The van der Waals surface area contributed by atoms with Crippen molar-refractivity contribution in [2.45, 2.75) is 31.7 Å². The predicted octanol–water partition coefficient (Wildman–Crippen LogP) is 5.58. The largest absolute Gasteiger partial charge is 0.358 e. The van der Waals surface area contributed by atoms with Crippen LogP contribution in [0.5, 0.6) is 0 Å². The Morgan fingerprint density at radius 3 is 2.67 bits per heavy atom. The van der Waals surface area contributed by atoms with Crippen LogP contribution in [-0.4, -0.2) is 29.0 Å². The Labute approximate surface area is 168 Å². The van der Waals surface area contributed by atoms with Gasteiger partial charge in [0.1, 0.15) is 0 Å². The van der Waals surface area contributed by atoms with Crippen molar-refractivity contribution in [3.8, 4) is 0 Å². The number of para-hydroxylation sites is 1. The normalized spacial score (nSPS) is 16.4. The molecule has 0 radical (unpaired) electrons. The van der Waals surface area contributed by atoms with Crippen LogP contribution in [0.1, 0.15) is 43.0 Å². The minimum Gasteiger partial charge on any atom is -0.358 e. The predicted molar refractivity (Wildman–Crippen MR) is 113 cm³/mol. The summed E-state index contributed by atoms with van der Waals surface area (Å²) in [6.45, 7) is 3.60. The van der Waals surface area contributed by atoms with Gasteiger partial charge < -0.3 is 15.2 Å². The van der Waals surface area contributed by atoms with E-state index in [1.165, 1.54) is 16.6 Å². The summed E-state index contributed by atoms with van der Waals surface area (Å²) in [5, 5.41) is 4.39. The van der Waals surface area contributed by atoms with Crippen LogP contribution >= 0.6 is 15.9 Å². The zero-order valence-corrected chi connectivity index (χ0v) is 17.0. The fourth-order valence-corrected chi connectivity index (χ4v) is 4.26. The van der Waals surface area contributed by atoms with Crippen molar-refractivity contribution in [2.24, 2.45) is 0 Å². The first kappa shape index (κ1) is 18.1. The molecule has 1 saturated heterocycles. The van der Waals surface area contributed by atoms with Gasteiger partial charge in [0.2, 0.25) is 0 Å². The van der Waals surface area contributed by atoms with Crippen LogP contribution in [-0.2, 0) is 0 Å². The van der Waals surface area contributed by atoms with Crippen molar-refractivity contribution < 1.29 is 4.79 Å². The number of hydrogen-bond donors (Lipinski definition) is 2. The molecule has 2 heterocycles. The zero-order valence-electron chi connectivity index (χ0n) is 15.4. The van der Waals surface area contributed by atoms with Gasteiger partial charge in [0, 0.05) is 34.7 Å². The van der Waals surface area contributed by atoms with Gasteiger partial charge in [-0.25, -0.2) is 4.79 Å². The number of carbonyl (C=O) groups is 1. The number of carbonyl (C=O) groups excluding carboxylic acids is 1. The Bertz CT molecular complexity index is 910. The van der Waals surface area contributed by atoms with Gasteiger partial charge in [-0.1, -0.05) is 46.3 Å². The van der Waals surface area contributed by atoms with E-state index < -0.39 is 0 Å². The average Bonchev–Trinajstić information content (AvgIpc) is 3.12. The molecule has 1 aromatic heterocycles. The number of aromatic amines is 1. The smallest absolute Gasteiger partial charge is 0.317 e. The Morgan fingerprint density at radius 2 is 1.93 bits per heavy atom. The molecule has 27 heavy (non-hydrogen) atoms. The molecule has 4 nitrogen and oxygen atoms in total. The lowest BCUT2D eigenvalue weighted by atomic mass is 9.93. The number of nitrogens with zero attached hydrogens (tertiary/aromatic N) is 1. The number of H-pyrrole nitrogens is 1. The van der Waals surface area contributed by atoms with E-state index in [1.807, 2.05) is 36.1 Å². The number of likely N-dealkylation sites (tertiary alicyclic amines) is 1. The number of nitrogens with one attached hydrogen (secondary N) is 2. The molecule has 4 rings (SSSR count). The van der Waals surface area contributed by atoms with E-state index in [4.69, 9.17) is 0 Å². The highest BCUT2D eigenvalue weighted by atomic mass is 79.9. The van der Waals surface area contributed by atoms with Crippen molar-refractivity contribution >= 4 is 32.9 Å². The van der Waals surface area contributed by atoms with Crippen molar-refractivity contribution in [3.63, 3.8) is 0 Å². The van der Waals surface area contributed by atoms with E-state index in [1.54, 1.807) is 0 Å². The molecular formula is C22H24BrN3O. The molecule has 1 aliphatic rings.